The number of aliphatic hydroxyl groups excluding tert-OH is 1. The van der Waals surface area contributed by atoms with Gasteiger partial charge in [0.15, 0.2) is 18.2 Å². The summed E-state index contributed by atoms with van der Waals surface area (Å²) in [6.07, 6.45) is 1.32. The fraction of sp³-hybridized carbons (Fsp3) is 0.167. The quantitative estimate of drug-likeness (QED) is 0.478. The molecule has 0 aromatic carbocycles. The minimum Gasteiger partial charge on any atom is -0.378 e. The van der Waals surface area contributed by atoms with E-state index < -0.39 is 11.9 Å². The van der Waals surface area contributed by atoms with Gasteiger partial charge in [0.2, 0.25) is 0 Å². The third kappa shape index (κ3) is 1.01. The molecule has 1 N–H and O–H groups in total. The van der Waals surface area contributed by atoms with Gasteiger partial charge < -0.3 is 5.11 Å². The highest BCUT2D eigenvalue weighted by molar-refractivity contribution is 6.37. The number of nitrogens with zero attached hydrogens (tertiary/aromatic N) is 1. The molecule has 0 aromatic rings. The summed E-state index contributed by atoms with van der Waals surface area (Å²) in [5, 5.41) is 8.87. The second kappa shape index (κ2) is 2.53. The first-order valence-electron chi connectivity index (χ1n) is 2.67. The first-order chi connectivity index (χ1) is 4.75. The van der Waals surface area contributed by atoms with Gasteiger partial charge in [-0.15, -0.1) is 0 Å². The van der Waals surface area contributed by atoms with Gasteiger partial charge in [0.1, 0.15) is 5.71 Å². The van der Waals surface area contributed by atoms with Crippen LogP contribution in [0.5, 0.6) is 0 Å². The first kappa shape index (κ1) is 6.82. The second-order valence-electron chi connectivity index (χ2n) is 1.79. The van der Waals surface area contributed by atoms with Gasteiger partial charge in [0.05, 0.1) is 0 Å². The standard InChI is InChI=1S/C6H5NO3/c8-3-4-6(10)5(9)1-2-7-4/h1-3,6,10H. The Morgan fingerprint density at radius 3 is 2.90 bits per heavy atom. The molecule has 0 amide bonds. The van der Waals surface area contributed by atoms with Crippen molar-refractivity contribution in [2.75, 3.05) is 0 Å². The van der Waals surface area contributed by atoms with Crippen LogP contribution in [-0.4, -0.2) is 29.0 Å². The van der Waals surface area contributed by atoms with Gasteiger partial charge in [0.25, 0.3) is 0 Å². The predicted octanol–water partition coefficient (Wildman–Crippen LogP) is -0.916. The third-order valence-electron chi connectivity index (χ3n) is 1.13. The van der Waals surface area contributed by atoms with Gasteiger partial charge in [-0.25, -0.2) is 0 Å². The number of carbonyl (C=O) groups excluding carboxylic acids is 2. The van der Waals surface area contributed by atoms with Crippen molar-refractivity contribution in [1.82, 2.24) is 0 Å². The summed E-state index contributed by atoms with van der Waals surface area (Å²) in [6.45, 7) is 0. The Labute approximate surface area is 56.9 Å². The van der Waals surface area contributed by atoms with Crippen molar-refractivity contribution < 1.29 is 14.7 Å². The SMILES string of the molecule is O=CC1=NC=CC(=O)C1O. The number of aliphatic hydroxyl groups is 1. The molecule has 1 aliphatic rings. The first-order valence-corrected chi connectivity index (χ1v) is 2.67. The minimum atomic E-state index is -1.36. The van der Waals surface area contributed by atoms with Crippen molar-refractivity contribution in [3.05, 3.63) is 12.3 Å². The molecule has 4 heteroatoms. The Kier molecular flexibility index (Phi) is 1.73. The van der Waals surface area contributed by atoms with E-state index in [0.717, 1.165) is 6.08 Å². The van der Waals surface area contributed by atoms with E-state index in [1.807, 2.05) is 0 Å². The largest absolute Gasteiger partial charge is 0.378 e. The molecule has 1 atom stereocenters. The summed E-state index contributed by atoms with van der Waals surface area (Å²) in [4.78, 5) is 24.1. The van der Waals surface area contributed by atoms with Crippen LogP contribution in [0.3, 0.4) is 0 Å². The van der Waals surface area contributed by atoms with E-state index in [1.165, 1.54) is 6.20 Å². The van der Waals surface area contributed by atoms with Gasteiger partial charge in [-0.1, -0.05) is 0 Å². The molecule has 1 unspecified atom stereocenters. The maximum atomic E-state index is 10.6. The number of aldehydes is 1. The van der Waals surface area contributed by atoms with E-state index in [0.29, 0.717) is 6.29 Å². The Morgan fingerprint density at radius 2 is 2.40 bits per heavy atom. The summed E-state index contributed by atoms with van der Waals surface area (Å²) in [6, 6.07) is 0. The number of hydrogen-bond donors (Lipinski definition) is 1. The smallest absolute Gasteiger partial charge is 0.191 e. The summed E-state index contributed by atoms with van der Waals surface area (Å²) in [5.41, 5.74) is -0.132. The molecule has 0 aliphatic carbocycles. The Balaban J connectivity index is 2.91. The van der Waals surface area contributed by atoms with Crippen molar-refractivity contribution in [1.29, 1.82) is 0 Å². The summed E-state index contributed by atoms with van der Waals surface area (Å²) in [5.74, 6) is -0.503. The maximum absolute atomic E-state index is 10.6. The van der Waals surface area contributed by atoms with Crippen LogP contribution in [0.25, 0.3) is 0 Å². The Bertz CT molecular complexity index is 229. The van der Waals surface area contributed by atoms with Crippen LogP contribution in [0.15, 0.2) is 17.3 Å². The molecule has 52 valence electrons. The molecule has 0 fully saturated rings. The van der Waals surface area contributed by atoms with Crippen molar-refractivity contribution in [2.45, 2.75) is 6.10 Å². The van der Waals surface area contributed by atoms with Gasteiger partial charge in [-0.3, -0.25) is 14.6 Å². The van der Waals surface area contributed by atoms with Crippen LogP contribution in [0, 0.1) is 0 Å². The zero-order valence-electron chi connectivity index (χ0n) is 5.02. The average Bonchev–Trinajstić information content (AvgIpc) is 1.95. The van der Waals surface area contributed by atoms with E-state index in [2.05, 4.69) is 4.99 Å². The lowest BCUT2D eigenvalue weighted by Gasteiger charge is -2.06. The number of rotatable bonds is 1. The molecule has 1 heterocycles. The number of aliphatic imine (C=N–C) groups is 1. The van der Waals surface area contributed by atoms with Crippen molar-refractivity contribution in [2.24, 2.45) is 4.99 Å². The predicted molar refractivity (Wildman–Crippen MR) is 33.7 cm³/mol. The zero-order chi connectivity index (χ0) is 7.56. The van der Waals surface area contributed by atoms with Crippen LogP contribution >= 0.6 is 0 Å². The van der Waals surface area contributed by atoms with Crippen LogP contribution in [0.1, 0.15) is 0 Å². The molecule has 10 heavy (non-hydrogen) atoms. The molecule has 1 rings (SSSR count). The topological polar surface area (TPSA) is 66.7 Å². The van der Waals surface area contributed by atoms with Crippen LogP contribution in [0.2, 0.25) is 0 Å². The van der Waals surface area contributed by atoms with E-state index >= 15 is 0 Å². The average molecular weight is 139 g/mol. The molecule has 4 nitrogen and oxygen atoms in total. The highest BCUT2D eigenvalue weighted by Crippen LogP contribution is 1.98. The Morgan fingerprint density at radius 1 is 1.70 bits per heavy atom. The zero-order valence-corrected chi connectivity index (χ0v) is 5.02. The number of carbonyl (C=O) groups is 2. The van der Waals surface area contributed by atoms with E-state index in [9.17, 15) is 9.59 Å². The second-order valence-corrected chi connectivity index (χ2v) is 1.79. The monoisotopic (exact) mass is 139 g/mol. The van der Waals surface area contributed by atoms with Gasteiger partial charge in [-0.2, -0.15) is 0 Å². The normalized spacial score (nSPS) is 24.3. The molecular weight excluding hydrogens is 134 g/mol. The molecule has 0 bridgehead atoms. The fourth-order valence-electron chi connectivity index (χ4n) is 0.599. The molecular formula is C6H5NO3. The van der Waals surface area contributed by atoms with E-state index in [-0.39, 0.29) is 5.71 Å². The van der Waals surface area contributed by atoms with Gasteiger partial charge in [-0.05, 0) is 0 Å². The maximum Gasteiger partial charge on any atom is 0.191 e. The van der Waals surface area contributed by atoms with Crippen molar-refractivity contribution in [3.8, 4) is 0 Å². The highest BCUT2D eigenvalue weighted by atomic mass is 16.3. The van der Waals surface area contributed by atoms with E-state index in [4.69, 9.17) is 5.11 Å². The molecule has 0 aromatic heterocycles. The molecule has 0 saturated carbocycles. The molecule has 1 aliphatic heterocycles. The minimum absolute atomic E-state index is 0.132. The van der Waals surface area contributed by atoms with Crippen LogP contribution in [-0.2, 0) is 9.59 Å². The van der Waals surface area contributed by atoms with Gasteiger partial charge in [0, 0.05) is 12.3 Å². The summed E-state index contributed by atoms with van der Waals surface area (Å²) in [7, 11) is 0. The number of hydrogen-bond acceptors (Lipinski definition) is 4. The lowest BCUT2D eigenvalue weighted by molar-refractivity contribution is -0.120. The van der Waals surface area contributed by atoms with Crippen LogP contribution < -0.4 is 0 Å². The lowest BCUT2D eigenvalue weighted by atomic mass is 10.1. The van der Waals surface area contributed by atoms with Crippen LogP contribution in [0.4, 0.5) is 0 Å². The molecule has 0 radical (unpaired) electrons. The number of ketones is 1. The molecule has 0 spiro atoms. The summed E-state index contributed by atoms with van der Waals surface area (Å²) < 4.78 is 0. The third-order valence-corrected chi connectivity index (χ3v) is 1.13. The lowest BCUT2D eigenvalue weighted by Crippen LogP contribution is -2.31. The summed E-state index contributed by atoms with van der Waals surface area (Å²) >= 11 is 0. The van der Waals surface area contributed by atoms with Crippen molar-refractivity contribution >= 4 is 17.8 Å². The van der Waals surface area contributed by atoms with Gasteiger partial charge >= 0.3 is 0 Å². The van der Waals surface area contributed by atoms with E-state index in [1.54, 1.807) is 0 Å². The highest BCUT2D eigenvalue weighted by Gasteiger charge is 2.20. The fourth-order valence-corrected chi connectivity index (χ4v) is 0.599. The van der Waals surface area contributed by atoms with Crippen molar-refractivity contribution in [3.63, 3.8) is 0 Å². The molecule has 0 saturated heterocycles. The Hall–Kier alpha value is -1.29.